The molecule has 1 aromatic rings. The second kappa shape index (κ2) is 6.95. The van der Waals surface area contributed by atoms with Crippen molar-refractivity contribution >= 4 is 17.4 Å². The second-order valence-electron chi connectivity index (χ2n) is 6.88. The average Bonchev–Trinajstić information content (AvgIpc) is 2.76. The molecular weight excluding hydrogens is 276 g/mol. The molecule has 0 saturated heterocycles. The lowest BCUT2D eigenvalue weighted by atomic mass is 9.86. The highest BCUT2D eigenvalue weighted by atomic mass is 16.4. The summed E-state index contributed by atoms with van der Waals surface area (Å²) in [6.07, 6.45) is 1.55. The number of hydrazone groups is 1. The van der Waals surface area contributed by atoms with Gasteiger partial charge in [0.25, 0.3) is 0 Å². The van der Waals surface area contributed by atoms with E-state index in [1.807, 2.05) is 35.3 Å². The summed E-state index contributed by atoms with van der Waals surface area (Å²) >= 11 is 0. The molecule has 0 aliphatic carbocycles. The zero-order valence-electron chi connectivity index (χ0n) is 13.9. The molecule has 22 heavy (non-hydrogen) atoms. The minimum Gasteiger partial charge on any atom is -0.481 e. The molecule has 0 radical (unpaired) electrons. The van der Waals surface area contributed by atoms with Gasteiger partial charge in [-0.3, -0.25) is 9.80 Å². The Morgan fingerprint density at radius 1 is 1.18 bits per heavy atom. The molecule has 0 fully saturated rings. The molecule has 4 heteroatoms. The number of hydrogen-bond donors (Lipinski definition) is 1. The highest BCUT2D eigenvalue weighted by Gasteiger charge is 2.42. The zero-order valence-corrected chi connectivity index (χ0v) is 13.9. The predicted octanol–water partition coefficient (Wildman–Crippen LogP) is 4.02. The number of benzene rings is 1. The number of aliphatic carboxylic acids is 1. The van der Waals surface area contributed by atoms with Crippen LogP contribution in [0, 0.1) is 17.8 Å². The van der Waals surface area contributed by atoms with Crippen LogP contribution >= 0.6 is 0 Å². The maximum absolute atomic E-state index is 11.9. The lowest BCUT2D eigenvalue weighted by molar-refractivity contribution is -0.139. The van der Waals surface area contributed by atoms with Crippen molar-refractivity contribution in [1.29, 1.82) is 0 Å². The smallest absolute Gasteiger partial charge is 0.314 e. The van der Waals surface area contributed by atoms with Crippen molar-refractivity contribution in [3.63, 3.8) is 0 Å². The van der Waals surface area contributed by atoms with E-state index in [0.29, 0.717) is 11.8 Å². The molecule has 4 nitrogen and oxygen atoms in total. The summed E-state index contributed by atoms with van der Waals surface area (Å²) < 4.78 is 0. The van der Waals surface area contributed by atoms with E-state index < -0.39 is 11.9 Å². The summed E-state index contributed by atoms with van der Waals surface area (Å²) in [6, 6.07) is 9.78. The van der Waals surface area contributed by atoms with Gasteiger partial charge in [-0.1, -0.05) is 45.9 Å². The number of carbonyl (C=O) groups is 1. The Morgan fingerprint density at radius 3 is 2.32 bits per heavy atom. The molecule has 2 rings (SSSR count). The quantitative estimate of drug-likeness (QED) is 0.863. The maximum Gasteiger partial charge on any atom is 0.314 e. The van der Waals surface area contributed by atoms with Crippen LogP contribution in [0.25, 0.3) is 0 Å². The summed E-state index contributed by atoms with van der Waals surface area (Å²) in [7, 11) is 0. The lowest BCUT2D eigenvalue weighted by Gasteiger charge is -2.27. The summed E-state index contributed by atoms with van der Waals surface area (Å²) in [6.45, 7) is 8.46. The third kappa shape index (κ3) is 3.67. The number of para-hydroxylation sites is 1. The molecule has 0 bridgehead atoms. The van der Waals surface area contributed by atoms with Gasteiger partial charge in [0.1, 0.15) is 5.92 Å². The number of carboxylic acids is 1. The minimum atomic E-state index is -0.761. The van der Waals surface area contributed by atoms with Crippen LogP contribution in [0.1, 0.15) is 40.5 Å². The van der Waals surface area contributed by atoms with Crippen molar-refractivity contribution in [3.8, 4) is 0 Å². The Balaban J connectivity index is 2.39. The van der Waals surface area contributed by atoms with E-state index in [-0.39, 0.29) is 6.04 Å². The van der Waals surface area contributed by atoms with E-state index in [2.05, 4.69) is 27.7 Å². The first-order valence-corrected chi connectivity index (χ1v) is 8.04. The van der Waals surface area contributed by atoms with E-state index in [1.165, 1.54) is 0 Å². The average molecular weight is 302 g/mol. The van der Waals surface area contributed by atoms with Crippen LogP contribution in [0.5, 0.6) is 0 Å². The van der Waals surface area contributed by atoms with Gasteiger partial charge in [-0.15, -0.1) is 0 Å². The first kappa shape index (κ1) is 16.5. The van der Waals surface area contributed by atoms with E-state index in [9.17, 15) is 9.90 Å². The fourth-order valence-corrected chi connectivity index (χ4v) is 3.08. The number of nitrogens with zero attached hydrogens (tertiary/aromatic N) is 2. The SMILES string of the molecule is CC(C)CC1=NN(c2ccccc2)C(CC(C)C)C1C(=O)O. The fourth-order valence-electron chi connectivity index (χ4n) is 3.08. The predicted molar refractivity (Wildman–Crippen MR) is 90.2 cm³/mol. The van der Waals surface area contributed by atoms with Crippen molar-refractivity contribution in [1.82, 2.24) is 0 Å². The highest BCUT2D eigenvalue weighted by Crippen LogP contribution is 2.34. The van der Waals surface area contributed by atoms with Crippen LogP contribution in [-0.4, -0.2) is 22.8 Å². The van der Waals surface area contributed by atoms with Gasteiger partial charge in [-0.25, -0.2) is 0 Å². The van der Waals surface area contributed by atoms with Crippen molar-refractivity contribution in [2.24, 2.45) is 22.9 Å². The van der Waals surface area contributed by atoms with Gasteiger partial charge >= 0.3 is 5.97 Å². The minimum absolute atomic E-state index is 0.103. The van der Waals surface area contributed by atoms with Gasteiger partial charge in [-0.05, 0) is 36.8 Å². The molecule has 0 saturated carbocycles. The van der Waals surface area contributed by atoms with E-state index in [0.717, 1.165) is 24.2 Å². The Kier molecular flexibility index (Phi) is 5.22. The van der Waals surface area contributed by atoms with Gasteiger partial charge in [0.2, 0.25) is 0 Å². The summed E-state index contributed by atoms with van der Waals surface area (Å²) in [5, 5.41) is 16.4. The summed E-state index contributed by atoms with van der Waals surface area (Å²) in [5.74, 6) is -0.448. The molecular formula is C18H26N2O2. The molecule has 0 aromatic heterocycles. The van der Waals surface area contributed by atoms with Crippen LogP contribution in [-0.2, 0) is 4.79 Å². The Bertz CT molecular complexity index is 537. The van der Waals surface area contributed by atoms with Crippen LogP contribution in [0.4, 0.5) is 5.69 Å². The third-order valence-electron chi connectivity index (χ3n) is 3.91. The fraction of sp³-hybridized carbons (Fsp3) is 0.556. The van der Waals surface area contributed by atoms with Crippen molar-refractivity contribution in [2.45, 2.75) is 46.6 Å². The molecule has 1 aromatic carbocycles. The second-order valence-corrected chi connectivity index (χ2v) is 6.88. The molecule has 0 amide bonds. The van der Waals surface area contributed by atoms with Gasteiger partial charge in [0.05, 0.1) is 17.4 Å². The number of anilines is 1. The van der Waals surface area contributed by atoms with E-state index in [1.54, 1.807) is 0 Å². The normalized spacial score (nSPS) is 21.5. The van der Waals surface area contributed by atoms with Crippen LogP contribution in [0.2, 0.25) is 0 Å². The molecule has 120 valence electrons. The van der Waals surface area contributed by atoms with Crippen molar-refractivity contribution < 1.29 is 9.90 Å². The van der Waals surface area contributed by atoms with E-state index in [4.69, 9.17) is 5.10 Å². The molecule has 2 unspecified atom stereocenters. The monoisotopic (exact) mass is 302 g/mol. The van der Waals surface area contributed by atoms with E-state index >= 15 is 0 Å². The van der Waals surface area contributed by atoms with Crippen molar-refractivity contribution in [2.75, 3.05) is 5.01 Å². The molecule has 0 spiro atoms. The van der Waals surface area contributed by atoms with Crippen LogP contribution < -0.4 is 5.01 Å². The standard InChI is InChI=1S/C18H26N2O2/c1-12(2)10-15-17(18(21)22)16(11-13(3)4)20(19-15)14-8-6-5-7-9-14/h5-9,12-13,16-17H,10-11H2,1-4H3,(H,21,22). The van der Waals surface area contributed by atoms with Crippen LogP contribution in [0.15, 0.2) is 35.4 Å². The number of carboxylic acid groups (broad SMARTS) is 1. The third-order valence-corrected chi connectivity index (χ3v) is 3.91. The van der Waals surface area contributed by atoms with Gasteiger partial charge in [0.15, 0.2) is 0 Å². The maximum atomic E-state index is 11.9. The first-order chi connectivity index (χ1) is 10.4. The van der Waals surface area contributed by atoms with Crippen LogP contribution in [0.3, 0.4) is 0 Å². The Morgan fingerprint density at radius 2 is 1.82 bits per heavy atom. The largest absolute Gasteiger partial charge is 0.481 e. The highest BCUT2D eigenvalue weighted by molar-refractivity contribution is 6.05. The summed E-state index contributed by atoms with van der Waals surface area (Å²) in [4.78, 5) is 11.9. The Hall–Kier alpha value is -1.84. The molecule has 1 N–H and O–H groups in total. The topological polar surface area (TPSA) is 52.9 Å². The van der Waals surface area contributed by atoms with Gasteiger partial charge < -0.3 is 5.11 Å². The molecule has 1 heterocycles. The zero-order chi connectivity index (χ0) is 16.3. The number of hydrogen-bond acceptors (Lipinski definition) is 3. The van der Waals surface area contributed by atoms with Gasteiger partial charge in [-0.2, -0.15) is 5.10 Å². The van der Waals surface area contributed by atoms with Gasteiger partial charge in [0, 0.05) is 0 Å². The van der Waals surface area contributed by atoms with Crippen molar-refractivity contribution in [3.05, 3.63) is 30.3 Å². The summed E-state index contributed by atoms with van der Waals surface area (Å²) in [5.41, 5.74) is 1.77. The molecule has 1 aliphatic rings. The Labute approximate surface area is 132 Å². The number of rotatable bonds is 6. The first-order valence-electron chi connectivity index (χ1n) is 8.04. The molecule has 1 aliphatic heterocycles. The molecule has 2 atom stereocenters. The lowest BCUT2D eigenvalue weighted by Crippen LogP contribution is -2.39.